The van der Waals surface area contributed by atoms with E-state index in [0.717, 1.165) is 41.3 Å². The summed E-state index contributed by atoms with van der Waals surface area (Å²) in [7, 11) is 0. The molecule has 0 amide bonds. The first kappa shape index (κ1) is 18.6. The molecule has 3 heteroatoms. The van der Waals surface area contributed by atoms with Gasteiger partial charge in [0.25, 0.3) is 0 Å². The number of nitrogens with zero attached hydrogens (tertiary/aromatic N) is 3. The van der Waals surface area contributed by atoms with Crippen LogP contribution in [0.15, 0.2) is 30.3 Å². The van der Waals surface area contributed by atoms with E-state index in [1.54, 1.807) is 0 Å². The average molecular weight is 426 g/mol. The van der Waals surface area contributed by atoms with Crippen molar-refractivity contribution >= 4 is 0 Å². The lowest BCUT2D eigenvalue weighted by Crippen LogP contribution is -2.51. The molecule has 166 valence electrons. The summed E-state index contributed by atoms with van der Waals surface area (Å²) in [6, 6.07) is 10.8. The van der Waals surface area contributed by atoms with Crippen LogP contribution < -0.4 is 0 Å². The van der Waals surface area contributed by atoms with Gasteiger partial charge in [0.2, 0.25) is 0 Å². The van der Waals surface area contributed by atoms with Crippen LogP contribution >= 0.6 is 0 Å². The minimum absolute atomic E-state index is 0.234. The molecular weight excluding hydrogens is 390 g/mol. The van der Waals surface area contributed by atoms with Gasteiger partial charge in [-0.25, -0.2) is 15.0 Å². The molecule has 0 spiro atoms. The Bertz CT molecular complexity index is 925. The fraction of sp³-hybridized carbons (Fsp3) is 0.690. The van der Waals surface area contributed by atoms with E-state index in [2.05, 4.69) is 30.3 Å². The van der Waals surface area contributed by atoms with Crippen molar-refractivity contribution in [3.8, 4) is 11.4 Å². The van der Waals surface area contributed by atoms with E-state index in [1.807, 2.05) is 0 Å². The number of rotatable bonds is 3. The molecule has 0 aliphatic heterocycles. The third-order valence-corrected chi connectivity index (χ3v) is 10.7. The van der Waals surface area contributed by atoms with Crippen LogP contribution in [0.4, 0.5) is 0 Å². The molecule has 8 aliphatic rings. The first-order valence-electron chi connectivity index (χ1n) is 13.5. The van der Waals surface area contributed by atoms with Gasteiger partial charge in [-0.05, 0) is 113 Å². The van der Waals surface area contributed by atoms with Gasteiger partial charge in [-0.15, -0.1) is 0 Å². The van der Waals surface area contributed by atoms with Gasteiger partial charge in [0.05, 0.1) is 0 Å². The van der Waals surface area contributed by atoms with Crippen LogP contribution in [0.1, 0.15) is 88.7 Å². The largest absolute Gasteiger partial charge is 0.217 e. The number of aromatic nitrogens is 3. The van der Waals surface area contributed by atoms with E-state index >= 15 is 0 Å². The molecule has 10 rings (SSSR count). The first-order valence-corrected chi connectivity index (χ1v) is 13.5. The van der Waals surface area contributed by atoms with Gasteiger partial charge in [0.15, 0.2) is 5.82 Å². The third kappa shape index (κ3) is 2.69. The Morgan fingerprint density at radius 2 is 0.875 bits per heavy atom. The van der Waals surface area contributed by atoms with Crippen molar-refractivity contribution in [2.24, 2.45) is 35.5 Å². The van der Waals surface area contributed by atoms with E-state index in [1.165, 1.54) is 94.3 Å². The molecule has 0 N–H and O–H groups in total. The zero-order valence-electron chi connectivity index (χ0n) is 19.2. The lowest BCUT2D eigenvalue weighted by Gasteiger charge is -2.57. The van der Waals surface area contributed by atoms with Crippen LogP contribution in [0.3, 0.4) is 0 Å². The van der Waals surface area contributed by atoms with E-state index in [-0.39, 0.29) is 10.8 Å². The minimum Gasteiger partial charge on any atom is -0.217 e. The normalized spacial score (nSPS) is 45.5. The maximum atomic E-state index is 5.52. The highest BCUT2D eigenvalue weighted by Crippen LogP contribution is 2.62. The lowest BCUT2D eigenvalue weighted by molar-refractivity contribution is -0.0155. The molecule has 3 nitrogen and oxygen atoms in total. The molecule has 32 heavy (non-hydrogen) atoms. The Morgan fingerprint density at radius 1 is 0.500 bits per heavy atom. The molecule has 0 unspecified atom stereocenters. The molecule has 0 saturated heterocycles. The molecule has 1 heterocycles. The Balaban J connectivity index is 1.29. The molecule has 1 aromatic heterocycles. The van der Waals surface area contributed by atoms with Crippen molar-refractivity contribution in [1.29, 1.82) is 0 Å². The predicted octanol–water partition coefficient (Wildman–Crippen LogP) is 6.47. The van der Waals surface area contributed by atoms with Crippen molar-refractivity contribution in [1.82, 2.24) is 15.0 Å². The van der Waals surface area contributed by atoms with E-state index in [0.29, 0.717) is 0 Å². The van der Waals surface area contributed by atoms with Gasteiger partial charge in [-0.2, -0.15) is 0 Å². The highest BCUT2D eigenvalue weighted by molar-refractivity contribution is 5.54. The zero-order chi connectivity index (χ0) is 20.9. The average Bonchev–Trinajstić information content (AvgIpc) is 2.78. The van der Waals surface area contributed by atoms with Gasteiger partial charge >= 0.3 is 0 Å². The first-order chi connectivity index (χ1) is 15.6. The topological polar surface area (TPSA) is 38.7 Å². The summed E-state index contributed by atoms with van der Waals surface area (Å²) in [6.07, 6.45) is 16.8. The summed E-state index contributed by atoms with van der Waals surface area (Å²) < 4.78 is 0. The Morgan fingerprint density at radius 3 is 1.25 bits per heavy atom. The standard InChI is InChI=1S/C29H35N3/c1-2-4-24(5-3-1)25-30-26(28-12-18-6-19(13-28)8-20(7-18)14-28)32-27(31-25)29-15-21-9-22(16-29)11-23(10-21)17-29/h1-5,18-23H,6-17H2. The Labute approximate surface area is 191 Å². The molecular formula is C29H35N3. The molecule has 1 aromatic carbocycles. The van der Waals surface area contributed by atoms with Crippen LogP contribution in [-0.2, 0) is 10.8 Å². The molecule has 8 bridgehead atoms. The molecule has 8 aliphatic carbocycles. The molecule has 8 saturated carbocycles. The van der Waals surface area contributed by atoms with Crippen LogP contribution in [-0.4, -0.2) is 15.0 Å². The highest BCUT2D eigenvalue weighted by atomic mass is 15.1. The van der Waals surface area contributed by atoms with E-state index < -0.39 is 0 Å². The third-order valence-electron chi connectivity index (χ3n) is 10.7. The SMILES string of the molecule is c1ccc(-c2nc(C34CC5CC(CC(C5)C3)C4)nc(C34CC5CC(CC(C5)C3)C4)n2)cc1. The summed E-state index contributed by atoms with van der Waals surface area (Å²) in [6.45, 7) is 0. The minimum atomic E-state index is 0.234. The van der Waals surface area contributed by atoms with E-state index in [9.17, 15) is 0 Å². The number of hydrogen-bond donors (Lipinski definition) is 0. The maximum Gasteiger partial charge on any atom is 0.163 e. The maximum absolute atomic E-state index is 5.52. The van der Waals surface area contributed by atoms with Crippen LogP contribution in [0.2, 0.25) is 0 Å². The summed E-state index contributed by atoms with van der Waals surface area (Å²) in [5, 5.41) is 0. The van der Waals surface area contributed by atoms with Crippen LogP contribution in [0, 0.1) is 35.5 Å². The fourth-order valence-electron chi connectivity index (χ4n) is 10.3. The second kappa shape index (κ2) is 6.42. The van der Waals surface area contributed by atoms with Crippen LogP contribution in [0.5, 0.6) is 0 Å². The molecule has 0 radical (unpaired) electrons. The second-order valence-electron chi connectivity index (χ2n) is 13.1. The van der Waals surface area contributed by atoms with Gasteiger partial charge < -0.3 is 0 Å². The smallest absolute Gasteiger partial charge is 0.163 e. The van der Waals surface area contributed by atoms with Crippen molar-refractivity contribution in [2.75, 3.05) is 0 Å². The summed E-state index contributed by atoms with van der Waals surface area (Å²) in [5.74, 6) is 8.84. The van der Waals surface area contributed by atoms with Crippen molar-refractivity contribution in [3.63, 3.8) is 0 Å². The monoisotopic (exact) mass is 425 g/mol. The van der Waals surface area contributed by atoms with E-state index in [4.69, 9.17) is 15.0 Å². The van der Waals surface area contributed by atoms with Crippen molar-refractivity contribution < 1.29 is 0 Å². The zero-order valence-corrected chi connectivity index (χ0v) is 19.2. The summed E-state index contributed by atoms with van der Waals surface area (Å²) in [5.41, 5.74) is 1.64. The van der Waals surface area contributed by atoms with Gasteiger partial charge in [-0.1, -0.05) is 30.3 Å². The highest BCUT2D eigenvalue weighted by Gasteiger charge is 2.56. The van der Waals surface area contributed by atoms with Gasteiger partial charge in [0.1, 0.15) is 11.6 Å². The number of hydrogen-bond acceptors (Lipinski definition) is 3. The molecule has 0 atom stereocenters. The van der Waals surface area contributed by atoms with Crippen molar-refractivity contribution in [3.05, 3.63) is 42.0 Å². The lowest BCUT2D eigenvalue weighted by atomic mass is 9.49. The Kier molecular flexibility index (Phi) is 3.74. The van der Waals surface area contributed by atoms with Gasteiger partial charge in [0, 0.05) is 16.4 Å². The quantitative estimate of drug-likeness (QED) is 0.565. The van der Waals surface area contributed by atoms with Crippen molar-refractivity contribution in [2.45, 2.75) is 87.9 Å². The second-order valence-corrected chi connectivity index (χ2v) is 13.1. The van der Waals surface area contributed by atoms with Crippen LogP contribution in [0.25, 0.3) is 11.4 Å². The fourth-order valence-corrected chi connectivity index (χ4v) is 10.3. The van der Waals surface area contributed by atoms with Gasteiger partial charge in [-0.3, -0.25) is 0 Å². The summed E-state index contributed by atoms with van der Waals surface area (Å²) in [4.78, 5) is 16.1. The Hall–Kier alpha value is -1.77. The molecule has 8 fully saturated rings. The molecule has 2 aromatic rings. The number of benzene rings is 1. The summed E-state index contributed by atoms with van der Waals surface area (Å²) >= 11 is 0. The predicted molar refractivity (Wildman–Crippen MR) is 125 cm³/mol.